The van der Waals surface area contributed by atoms with Gasteiger partial charge in [0, 0.05) is 13.1 Å². The summed E-state index contributed by atoms with van der Waals surface area (Å²) in [6, 6.07) is 18.0. The van der Waals surface area contributed by atoms with Crippen molar-refractivity contribution in [3.8, 4) is 0 Å². The number of nitrogens with one attached hydrogen (secondary N) is 1. The SMILES string of the molecule is CC(C)(C(=O)Nc1ccccc1N1CCCC1)c1ccccc1. The van der Waals surface area contributed by atoms with Gasteiger partial charge in [-0.05, 0) is 44.4 Å². The van der Waals surface area contributed by atoms with E-state index >= 15 is 0 Å². The fraction of sp³-hybridized carbons (Fsp3) is 0.350. The number of carbonyl (C=O) groups excluding carboxylic acids is 1. The van der Waals surface area contributed by atoms with Crippen LogP contribution in [-0.2, 0) is 10.2 Å². The maximum Gasteiger partial charge on any atom is 0.234 e. The van der Waals surface area contributed by atoms with Gasteiger partial charge in [0.1, 0.15) is 0 Å². The molecule has 1 heterocycles. The number of anilines is 2. The van der Waals surface area contributed by atoms with Crippen molar-refractivity contribution in [1.29, 1.82) is 0 Å². The summed E-state index contributed by atoms with van der Waals surface area (Å²) < 4.78 is 0. The Morgan fingerprint density at radius 2 is 1.57 bits per heavy atom. The van der Waals surface area contributed by atoms with E-state index < -0.39 is 5.41 Å². The number of carbonyl (C=O) groups is 1. The first-order valence-electron chi connectivity index (χ1n) is 8.30. The summed E-state index contributed by atoms with van der Waals surface area (Å²) in [5, 5.41) is 3.15. The van der Waals surface area contributed by atoms with Crippen LogP contribution < -0.4 is 10.2 Å². The Morgan fingerprint density at radius 1 is 0.957 bits per heavy atom. The van der Waals surface area contributed by atoms with E-state index in [4.69, 9.17) is 0 Å². The lowest BCUT2D eigenvalue weighted by Gasteiger charge is -2.27. The molecule has 0 radical (unpaired) electrons. The highest BCUT2D eigenvalue weighted by Crippen LogP contribution is 2.31. The lowest BCUT2D eigenvalue weighted by atomic mass is 9.83. The summed E-state index contributed by atoms with van der Waals surface area (Å²) in [6.07, 6.45) is 2.44. The van der Waals surface area contributed by atoms with Crippen LogP contribution in [0, 0.1) is 0 Å². The van der Waals surface area contributed by atoms with Gasteiger partial charge in [-0.2, -0.15) is 0 Å². The number of amides is 1. The standard InChI is InChI=1S/C20H24N2O/c1-20(2,16-10-4-3-5-11-16)19(23)21-17-12-6-7-13-18(17)22-14-8-9-15-22/h3-7,10-13H,8-9,14-15H2,1-2H3,(H,21,23). The highest BCUT2D eigenvalue weighted by molar-refractivity contribution is 6.00. The zero-order valence-electron chi connectivity index (χ0n) is 13.9. The van der Waals surface area contributed by atoms with Gasteiger partial charge >= 0.3 is 0 Å². The molecule has 0 aromatic heterocycles. The molecule has 0 atom stereocenters. The average molecular weight is 308 g/mol. The fourth-order valence-electron chi connectivity index (χ4n) is 3.08. The molecular formula is C20H24N2O. The van der Waals surface area contributed by atoms with Crippen molar-refractivity contribution >= 4 is 17.3 Å². The summed E-state index contributed by atoms with van der Waals surface area (Å²) >= 11 is 0. The number of benzene rings is 2. The maximum absolute atomic E-state index is 12.9. The predicted molar refractivity (Wildman–Crippen MR) is 96.0 cm³/mol. The van der Waals surface area contributed by atoms with Crippen LogP contribution in [0.3, 0.4) is 0 Å². The van der Waals surface area contributed by atoms with Crippen LogP contribution in [0.2, 0.25) is 0 Å². The lowest BCUT2D eigenvalue weighted by molar-refractivity contribution is -0.120. The van der Waals surface area contributed by atoms with Crippen LogP contribution in [-0.4, -0.2) is 19.0 Å². The Bertz CT molecular complexity index is 673. The van der Waals surface area contributed by atoms with Gasteiger partial charge in [-0.3, -0.25) is 4.79 Å². The normalized spacial score (nSPS) is 14.8. The van der Waals surface area contributed by atoms with Crippen molar-refractivity contribution in [2.45, 2.75) is 32.1 Å². The van der Waals surface area contributed by atoms with Crippen LogP contribution in [0.15, 0.2) is 54.6 Å². The van der Waals surface area contributed by atoms with Gasteiger partial charge < -0.3 is 10.2 Å². The molecule has 2 aromatic carbocycles. The molecule has 1 fully saturated rings. The first-order chi connectivity index (χ1) is 11.1. The minimum Gasteiger partial charge on any atom is -0.370 e. The topological polar surface area (TPSA) is 32.3 Å². The Hall–Kier alpha value is -2.29. The van der Waals surface area contributed by atoms with Crippen LogP contribution in [0.1, 0.15) is 32.3 Å². The molecule has 3 heteroatoms. The summed E-state index contributed by atoms with van der Waals surface area (Å²) in [6.45, 7) is 6.07. The van der Waals surface area contributed by atoms with E-state index in [0.29, 0.717) is 0 Å². The van der Waals surface area contributed by atoms with Crippen molar-refractivity contribution in [3.63, 3.8) is 0 Å². The zero-order valence-corrected chi connectivity index (χ0v) is 13.9. The Kier molecular flexibility index (Phi) is 4.37. The molecule has 1 aliphatic rings. The summed E-state index contributed by atoms with van der Waals surface area (Å²) in [5.41, 5.74) is 2.49. The summed E-state index contributed by atoms with van der Waals surface area (Å²) in [4.78, 5) is 15.2. The molecule has 1 N–H and O–H groups in total. The summed E-state index contributed by atoms with van der Waals surface area (Å²) in [5.74, 6) is 0.0235. The van der Waals surface area contributed by atoms with Crippen LogP contribution in [0.4, 0.5) is 11.4 Å². The third-order valence-corrected chi connectivity index (χ3v) is 4.66. The molecule has 1 saturated heterocycles. The van der Waals surface area contributed by atoms with E-state index in [0.717, 1.165) is 30.0 Å². The number of hydrogen-bond acceptors (Lipinski definition) is 2. The molecule has 2 aromatic rings. The van der Waals surface area contributed by atoms with Crippen LogP contribution >= 0.6 is 0 Å². The van der Waals surface area contributed by atoms with Crippen LogP contribution in [0.25, 0.3) is 0 Å². The molecule has 1 aliphatic heterocycles. The van der Waals surface area contributed by atoms with Crippen molar-refractivity contribution in [1.82, 2.24) is 0 Å². The van der Waals surface area contributed by atoms with Gasteiger partial charge in [0.15, 0.2) is 0 Å². The van der Waals surface area contributed by atoms with E-state index in [9.17, 15) is 4.79 Å². The van der Waals surface area contributed by atoms with Gasteiger partial charge in [0.05, 0.1) is 16.8 Å². The van der Waals surface area contributed by atoms with Crippen molar-refractivity contribution < 1.29 is 4.79 Å². The second-order valence-corrected chi connectivity index (χ2v) is 6.66. The van der Waals surface area contributed by atoms with E-state index in [1.54, 1.807) is 0 Å². The highest BCUT2D eigenvalue weighted by Gasteiger charge is 2.30. The second kappa shape index (κ2) is 6.45. The molecule has 0 bridgehead atoms. The van der Waals surface area contributed by atoms with Gasteiger partial charge in [0.25, 0.3) is 0 Å². The molecule has 0 unspecified atom stereocenters. The second-order valence-electron chi connectivity index (χ2n) is 6.66. The Balaban J connectivity index is 1.83. The first kappa shape index (κ1) is 15.6. The third kappa shape index (κ3) is 3.24. The molecule has 0 spiro atoms. The third-order valence-electron chi connectivity index (χ3n) is 4.66. The molecule has 0 saturated carbocycles. The lowest BCUT2D eigenvalue weighted by Crippen LogP contribution is -2.35. The summed E-state index contributed by atoms with van der Waals surface area (Å²) in [7, 11) is 0. The maximum atomic E-state index is 12.9. The van der Waals surface area contributed by atoms with Gasteiger partial charge in [-0.1, -0.05) is 42.5 Å². The van der Waals surface area contributed by atoms with E-state index in [2.05, 4.69) is 16.3 Å². The zero-order chi connectivity index (χ0) is 16.3. The molecular weight excluding hydrogens is 284 g/mol. The van der Waals surface area contributed by atoms with E-state index in [-0.39, 0.29) is 5.91 Å². The largest absolute Gasteiger partial charge is 0.370 e. The number of nitrogens with zero attached hydrogens (tertiary/aromatic N) is 1. The van der Waals surface area contributed by atoms with Crippen LogP contribution in [0.5, 0.6) is 0 Å². The molecule has 23 heavy (non-hydrogen) atoms. The van der Waals surface area contributed by atoms with Crippen molar-refractivity contribution in [3.05, 3.63) is 60.2 Å². The van der Waals surface area contributed by atoms with Gasteiger partial charge in [-0.25, -0.2) is 0 Å². The van der Waals surface area contributed by atoms with Gasteiger partial charge in [0.2, 0.25) is 5.91 Å². The van der Waals surface area contributed by atoms with Crippen molar-refractivity contribution in [2.75, 3.05) is 23.3 Å². The first-order valence-corrected chi connectivity index (χ1v) is 8.30. The number of para-hydroxylation sites is 2. The minimum atomic E-state index is -0.570. The molecule has 3 nitrogen and oxygen atoms in total. The highest BCUT2D eigenvalue weighted by atomic mass is 16.2. The van der Waals surface area contributed by atoms with Gasteiger partial charge in [-0.15, -0.1) is 0 Å². The molecule has 0 aliphatic carbocycles. The molecule has 3 rings (SSSR count). The predicted octanol–water partition coefficient (Wildman–Crippen LogP) is 4.20. The van der Waals surface area contributed by atoms with E-state index in [1.165, 1.54) is 12.8 Å². The Labute approximate surface area is 138 Å². The molecule has 120 valence electrons. The molecule has 1 amide bonds. The number of hydrogen-bond donors (Lipinski definition) is 1. The number of rotatable bonds is 4. The Morgan fingerprint density at radius 3 is 2.26 bits per heavy atom. The smallest absolute Gasteiger partial charge is 0.234 e. The quantitative estimate of drug-likeness (QED) is 0.918. The fourth-order valence-corrected chi connectivity index (χ4v) is 3.08. The van der Waals surface area contributed by atoms with E-state index in [1.807, 2.05) is 62.4 Å². The van der Waals surface area contributed by atoms with Crippen molar-refractivity contribution in [2.24, 2.45) is 0 Å². The minimum absolute atomic E-state index is 0.0235. The monoisotopic (exact) mass is 308 g/mol. The average Bonchev–Trinajstić information content (AvgIpc) is 3.10.